The van der Waals surface area contributed by atoms with E-state index in [1.807, 2.05) is 42.2 Å². The molecule has 1 aliphatic rings. The van der Waals surface area contributed by atoms with Crippen LogP contribution < -0.4 is 10.2 Å². The molecular formula is C30H27BrClN3O4S. The van der Waals surface area contributed by atoms with E-state index in [1.54, 1.807) is 54.6 Å². The van der Waals surface area contributed by atoms with Gasteiger partial charge in [-0.25, -0.2) is 8.42 Å². The van der Waals surface area contributed by atoms with Gasteiger partial charge in [0.1, 0.15) is 11.5 Å². The lowest BCUT2D eigenvalue weighted by atomic mass is 10.2. The zero-order valence-electron chi connectivity index (χ0n) is 21.7. The second-order valence-corrected chi connectivity index (χ2v) is 12.6. The van der Waals surface area contributed by atoms with Crippen molar-refractivity contribution in [3.63, 3.8) is 0 Å². The van der Waals surface area contributed by atoms with Crippen LogP contribution in [0, 0.1) is 6.92 Å². The van der Waals surface area contributed by atoms with Gasteiger partial charge in [-0.3, -0.25) is 4.79 Å². The largest absolute Gasteiger partial charge is 0.457 e. The van der Waals surface area contributed by atoms with Crippen LogP contribution >= 0.6 is 27.5 Å². The number of para-hydroxylation sites is 1. The van der Waals surface area contributed by atoms with E-state index in [4.69, 9.17) is 16.0 Å². The molecule has 1 N–H and O–H groups in total. The van der Waals surface area contributed by atoms with Gasteiger partial charge in [0, 0.05) is 42.3 Å². The highest BCUT2D eigenvalue weighted by Gasteiger charge is 2.30. The Morgan fingerprint density at radius 2 is 1.65 bits per heavy atom. The first kappa shape index (κ1) is 28.2. The summed E-state index contributed by atoms with van der Waals surface area (Å²) < 4.78 is 34.5. The number of nitrogens with zero attached hydrogens (tertiary/aromatic N) is 2. The quantitative estimate of drug-likeness (QED) is 0.224. The predicted octanol–water partition coefficient (Wildman–Crippen LogP) is 6.83. The average molecular weight is 641 g/mol. The molecule has 0 atom stereocenters. The molecular weight excluding hydrogens is 614 g/mol. The van der Waals surface area contributed by atoms with E-state index in [2.05, 4.69) is 21.2 Å². The van der Waals surface area contributed by atoms with Crippen LogP contribution in [-0.4, -0.2) is 44.8 Å². The van der Waals surface area contributed by atoms with E-state index in [0.717, 1.165) is 15.6 Å². The molecule has 0 radical (unpaired) electrons. The molecule has 10 heteroatoms. The fourth-order valence-corrected chi connectivity index (χ4v) is 6.47. The Morgan fingerprint density at radius 3 is 2.35 bits per heavy atom. The van der Waals surface area contributed by atoms with Crippen molar-refractivity contribution in [2.24, 2.45) is 0 Å². The van der Waals surface area contributed by atoms with Crippen LogP contribution in [0.5, 0.6) is 0 Å². The Balaban J connectivity index is 1.25. The number of benzene rings is 3. The van der Waals surface area contributed by atoms with Crippen molar-refractivity contribution in [3.8, 4) is 11.3 Å². The van der Waals surface area contributed by atoms with Crippen LogP contribution in [0.1, 0.15) is 11.3 Å². The number of anilines is 2. The Bertz CT molecular complexity index is 1640. The standard InChI is InChI=1S/C30H27BrClN3O4S/c1-21-5-13-25(14-6-21)40(37,38)35-19-17-34(18-20-35)30-26(32)3-2-4-27(30)33-29(36)16-12-24-11-15-28(39-24)22-7-9-23(31)10-8-22/h2-16H,17-20H2,1H3,(H,33,36)/b16-12+. The lowest BCUT2D eigenvalue weighted by Crippen LogP contribution is -2.49. The lowest BCUT2D eigenvalue weighted by Gasteiger charge is -2.36. The Hall–Kier alpha value is -3.37. The predicted molar refractivity (Wildman–Crippen MR) is 163 cm³/mol. The lowest BCUT2D eigenvalue weighted by molar-refractivity contribution is -0.111. The van der Waals surface area contributed by atoms with Crippen molar-refractivity contribution in [2.75, 3.05) is 36.4 Å². The summed E-state index contributed by atoms with van der Waals surface area (Å²) in [4.78, 5) is 15.1. The highest BCUT2D eigenvalue weighted by atomic mass is 79.9. The number of hydrogen-bond donors (Lipinski definition) is 1. The number of carbonyl (C=O) groups is 1. The summed E-state index contributed by atoms with van der Waals surface area (Å²) in [6.45, 7) is 3.38. The summed E-state index contributed by atoms with van der Waals surface area (Å²) in [6.07, 6.45) is 3.01. The third-order valence-corrected chi connectivity index (χ3v) is 9.36. The van der Waals surface area contributed by atoms with Crippen molar-refractivity contribution in [1.82, 2.24) is 4.31 Å². The van der Waals surface area contributed by atoms with Crippen LogP contribution in [0.2, 0.25) is 5.02 Å². The smallest absolute Gasteiger partial charge is 0.248 e. The van der Waals surface area contributed by atoms with E-state index in [1.165, 1.54) is 10.4 Å². The molecule has 7 nitrogen and oxygen atoms in total. The minimum atomic E-state index is -3.59. The number of nitrogens with one attached hydrogen (secondary N) is 1. The van der Waals surface area contributed by atoms with Gasteiger partial charge < -0.3 is 14.6 Å². The van der Waals surface area contributed by atoms with Crippen LogP contribution in [0.25, 0.3) is 17.4 Å². The third-order valence-electron chi connectivity index (χ3n) is 6.61. The fourth-order valence-electron chi connectivity index (χ4n) is 4.49. The molecule has 4 aromatic rings. The van der Waals surface area contributed by atoms with Crippen molar-refractivity contribution in [2.45, 2.75) is 11.8 Å². The molecule has 3 aromatic carbocycles. The molecule has 1 fully saturated rings. The first-order valence-electron chi connectivity index (χ1n) is 12.7. The maximum absolute atomic E-state index is 13.1. The molecule has 1 aliphatic heterocycles. The van der Waals surface area contributed by atoms with Crippen molar-refractivity contribution in [3.05, 3.63) is 106 Å². The van der Waals surface area contributed by atoms with Gasteiger partial charge in [-0.2, -0.15) is 4.31 Å². The summed E-state index contributed by atoms with van der Waals surface area (Å²) in [6, 6.07) is 23.6. The second kappa shape index (κ2) is 12.0. The maximum atomic E-state index is 13.1. The summed E-state index contributed by atoms with van der Waals surface area (Å²) >= 11 is 9.99. The molecule has 1 aromatic heterocycles. The zero-order valence-corrected chi connectivity index (χ0v) is 24.8. The summed E-state index contributed by atoms with van der Waals surface area (Å²) in [5, 5.41) is 3.38. The van der Waals surface area contributed by atoms with Gasteiger partial charge in [0.05, 0.1) is 21.3 Å². The van der Waals surface area contributed by atoms with Gasteiger partial charge in [0.2, 0.25) is 15.9 Å². The summed E-state index contributed by atoms with van der Waals surface area (Å²) in [5.41, 5.74) is 3.14. The highest BCUT2D eigenvalue weighted by molar-refractivity contribution is 9.10. The van der Waals surface area contributed by atoms with Gasteiger partial charge in [-0.1, -0.05) is 63.4 Å². The van der Waals surface area contributed by atoms with Gasteiger partial charge in [0.25, 0.3) is 0 Å². The molecule has 206 valence electrons. The van der Waals surface area contributed by atoms with Crippen molar-refractivity contribution >= 4 is 60.9 Å². The molecule has 0 bridgehead atoms. The number of carbonyl (C=O) groups excluding carboxylic acids is 1. The number of hydrogen-bond acceptors (Lipinski definition) is 5. The molecule has 1 saturated heterocycles. The Kier molecular flexibility index (Phi) is 8.46. The number of amides is 1. The zero-order chi connectivity index (χ0) is 28.3. The van der Waals surface area contributed by atoms with E-state index < -0.39 is 10.0 Å². The monoisotopic (exact) mass is 639 g/mol. The van der Waals surface area contributed by atoms with E-state index in [-0.39, 0.29) is 10.8 Å². The first-order chi connectivity index (χ1) is 19.2. The number of furan rings is 1. The molecule has 0 aliphatic carbocycles. The topological polar surface area (TPSA) is 82.9 Å². The van der Waals surface area contributed by atoms with Gasteiger partial charge in [-0.05, 0) is 61.5 Å². The molecule has 0 unspecified atom stereocenters. The maximum Gasteiger partial charge on any atom is 0.248 e. The number of halogens is 2. The molecule has 5 rings (SSSR count). The molecule has 0 saturated carbocycles. The van der Waals surface area contributed by atoms with E-state index in [0.29, 0.717) is 54.1 Å². The molecule has 2 heterocycles. The SMILES string of the molecule is Cc1ccc(S(=O)(=O)N2CCN(c3c(Cl)cccc3NC(=O)/C=C/c3ccc(-c4ccc(Br)cc4)o3)CC2)cc1. The fraction of sp³-hybridized carbons (Fsp3) is 0.167. The number of sulfonamides is 1. The van der Waals surface area contributed by atoms with Gasteiger partial charge in [0.15, 0.2) is 0 Å². The van der Waals surface area contributed by atoms with E-state index in [9.17, 15) is 13.2 Å². The average Bonchev–Trinajstić information content (AvgIpc) is 3.42. The molecule has 0 spiro atoms. The first-order valence-corrected chi connectivity index (χ1v) is 15.3. The van der Waals surface area contributed by atoms with Gasteiger partial charge >= 0.3 is 0 Å². The van der Waals surface area contributed by atoms with Crippen LogP contribution in [-0.2, 0) is 14.8 Å². The van der Waals surface area contributed by atoms with Crippen molar-refractivity contribution < 1.29 is 17.6 Å². The minimum absolute atomic E-state index is 0.282. The summed E-state index contributed by atoms with van der Waals surface area (Å²) in [7, 11) is -3.59. The molecule has 40 heavy (non-hydrogen) atoms. The van der Waals surface area contributed by atoms with E-state index >= 15 is 0 Å². The Morgan fingerprint density at radius 1 is 0.950 bits per heavy atom. The van der Waals surface area contributed by atoms with Gasteiger partial charge in [-0.15, -0.1) is 0 Å². The number of aryl methyl sites for hydroxylation is 1. The number of piperazine rings is 1. The van der Waals surface area contributed by atoms with Crippen LogP contribution in [0.3, 0.4) is 0 Å². The Labute approximate surface area is 247 Å². The van der Waals surface area contributed by atoms with Crippen LogP contribution in [0.15, 0.2) is 98.7 Å². The minimum Gasteiger partial charge on any atom is -0.457 e. The number of rotatable bonds is 7. The second-order valence-electron chi connectivity index (χ2n) is 9.37. The third kappa shape index (κ3) is 6.33. The normalized spacial score (nSPS) is 14.5. The highest BCUT2D eigenvalue weighted by Crippen LogP contribution is 2.35. The molecule has 1 amide bonds. The van der Waals surface area contributed by atoms with Crippen LogP contribution in [0.4, 0.5) is 11.4 Å². The van der Waals surface area contributed by atoms with Crippen molar-refractivity contribution in [1.29, 1.82) is 0 Å². The summed E-state index contributed by atoms with van der Waals surface area (Å²) in [5.74, 6) is 0.907.